The Morgan fingerprint density at radius 2 is 1.71 bits per heavy atom. The van der Waals surface area contributed by atoms with Gasteiger partial charge in [-0.3, -0.25) is 0 Å². The fourth-order valence-electron chi connectivity index (χ4n) is 5.47. The summed E-state index contributed by atoms with van der Waals surface area (Å²) in [6, 6.07) is 0. The van der Waals surface area contributed by atoms with Gasteiger partial charge >= 0.3 is 0 Å². The van der Waals surface area contributed by atoms with E-state index in [9.17, 15) is 10.2 Å². The van der Waals surface area contributed by atoms with Crippen molar-refractivity contribution in [2.24, 2.45) is 41.4 Å². The molecule has 2 heteroatoms. The summed E-state index contributed by atoms with van der Waals surface area (Å²) in [7, 11) is 0. The molecule has 3 fully saturated rings. The molecular weight excluding hydrogens is 212 g/mol. The van der Waals surface area contributed by atoms with Crippen LogP contribution in [0, 0.1) is 41.4 Å². The Bertz CT molecular complexity index is 301. The summed E-state index contributed by atoms with van der Waals surface area (Å²) in [4.78, 5) is 0. The van der Waals surface area contributed by atoms with Crippen molar-refractivity contribution in [2.75, 3.05) is 0 Å². The highest BCUT2D eigenvalue weighted by Gasteiger charge is 2.62. The van der Waals surface area contributed by atoms with Crippen LogP contribution in [0.25, 0.3) is 0 Å². The maximum Gasteiger partial charge on any atom is 0.0605 e. The van der Waals surface area contributed by atoms with Crippen molar-refractivity contribution >= 4 is 0 Å². The average Bonchev–Trinajstić information content (AvgIpc) is 2.88. The molecule has 3 saturated carbocycles. The van der Waals surface area contributed by atoms with Gasteiger partial charge in [0.25, 0.3) is 0 Å². The Balaban J connectivity index is 1.84. The quantitative estimate of drug-likeness (QED) is 0.775. The van der Waals surface area contributed by atoms with Crippen LogP contribution in [0.3, 0.4) is 0 Å². The minimum Gasteiger partial charge on any atom is -0.393 e. The van der Waals surface area contributed by atoms with Crippen LogP contribution in [-0.2, 0) is 0 Å². The lowest BCUT2D eigenvalue weighted by Crippen LogP contribution is -2.40. The third-order valence-corrected chi connectivity index (χ3v) is 6.22. The van der Waals surface area contributed by atoms with Crippen molar-refractivity contribution in [1.82, 2.24) is 0 Å². The van der Waals surface area contributed by atoms with E-state index in [1.54, 1.807) is 0 Å². The highest BCUT2D eigenvalue weighted by atomic mass is 16.3. The first-order valence-corrected chi connectivity index (χ1v) is 7.42. The molecule has 3 rings (SSSR count). The Kier molecular flexibility index (Phi) is 2.79. The lowest BCUT2D eigenvalue weighted by molar-refractivity contribution is -0.0292. The molecule has 0 aromatic carbocycles. The lowest BCUT2D eigenvalue weighted by Gasteiger charge is -2.36. The molecule has 0 aromatic rings. The van der Waals surface area contributed by atoms with Gasteiger partial charge in [-0.2, -0.15) is 0 Å². The smallest absolute Gasteiger partial charge is 0.0605 e. The first-order valence-electron chi connectivity index (χ1n) is 7.42. The van der Waals surface area contributed by atoms with Crippen LogP contribution in [0.1, 0.15) is 40.0 Å². The summed E-state index contributed by atoms with van der Waals surface area (Å²) in [5.74, 6) is 3.77. The molecule has 98 valence electrons. The zero-order valence-corrected chi connectivity index (χ0v) is 11.2. The predicted octanol–water partition coefficient (Wildman–Crippen LogP) is 2.29. The van der Waals surface area contributed by atoms with Gasteiger partial charge < -0.3 is 10.2 Å². The number of hydrogen-bond acceptors (Lipinski definition) is 2. The predicted molar refractivity (Wildman–Crippen MR) is 67.3 cm³/mol. The van der Waals surface area contributed by atoms with Gasteiger partial charge in [0.2, 0.25) is 0 Å². The summed E-state index contributed by atoms with van der Waals surface area (Å²) in [5.41, 5.74) is 0. The molecule has 3 aliphatic carbocycles. The van der Waals surface area contributed by atoms with Gasteiger partial charge in [0.15, 0.2) is 0 Å². The molecule has 2 bridgehead atoms. The first kappa shape index (κ1) is 12.0. The van der Waals surface area contributed by atoms with E-state index in [0.29, 0.717) is 41.4 Å². The van der Waals surface area contributed by atoms with E-state index in [0.717, 1.165) is 6.42 Å². The van der Waals surface area contributed by atoms with Crippen molar-refractivity contribution in [3.8, 4) is 0 Å². The molecule has 0 aliphatic heterocycles. The van der Waals surface area contributed by atoms with Crippen LogP contribution in [0.4, 0.5) is 0 Å². The van der Waals surface area contributed by atoms with Crippen molar-refractivity contribution in [1.29, 1.82) is 0 Å². The summed E-state index contributed by atoms with van der Waals surface area (Å²) in [6.07, 6.45) is 3.20. The summed E-state index contributed by atoms with van der Waals surface area (Å²) >= 11 is 0. The summed E-state index contributed by atoms with van der Waals surface area (Å²) < 4.78 is 0. The Hall–Kier alpha value is -0.0800. The number of aliphatic hydroxyl groups excluding tert-OH is 2. The third-order valence-electron chi connectivity index (χ3n) is 6.22. The van der Waals surface area contributed by atoms with E-state index in [1.165, 1.54) is 12.8 Å². The second-order valence-corrected chi connectivity index (χ2v) is 7.00. The fraction of sp³-hybridized carbons (Fsp3) is 1.00. The Labute approximate surface area is 104 Å². The monoisotopic (exact) mass is 238 g/mol. The normalized spacial score (nSPS) is 56.8. The number of hydrogen-bond donors (Lipinski definition) is 2. The van der Waals surface area contributed by atoms with Crippen LogP contribution in [0.2, 0.25) is 0 Å². The molecule has 0 heterocycles. The molecule has 0 radical (unpaired) electrons. The van der Waals surface area contributed by atoms with Gasteiger partial charge in [0.1, 0.15) is 0 Å². The molecule has 2 nitrogen and oxygen atoms in total. The SMILES string of the molecule is CCC1C(O)C2CC1C1CC(C(C)C)C(O)C21. The minimum atomic E-state index is -0.151. The van der Waals surface area contributed by atoms with Crippen molar-refractivity contribution < 1.29 is 10.2 Å². The molecule has 0 aromatic heterocycles. The van der Waals surface area contributed by atoms with E-state index < -0.39 is 0 Å². The van der Waals surface area contributed by atoms with Gasteiger partial charge in [-0.1, -0.05) is 27.2 Å². The van der Waals surface area contributed by atoms with E-state index >= 15 is 0 Å². The summed E-state index contributed by atoms with van der Waals surface area (Å²) in [6.45, 7) is 6.66. The van der Waals surface area contributed by atoms with Crippen LogP contribution >= 0.6 is 0 Å². The van der Waals surface area contributed by atoms with Gasteiger partial charge in [0, 0.05) is 0 Å². The number of rotatable bonds is 2. The second-order valence-electron chi connectivity index (χ2n) is 7.00. The van der Waals surface area contributed by atoms with E-state index in [2.05, 4.69) is 20.8 Å². The maximum atomic E-state index is 10.5. The first-order chi connectivity index (χ1) is 8.06. The highest BCUT2D eigenvalue weighted by Crippen LogP contribution is 2.63. The van der Waals surface area contributed by atoms with Crippen LogP contribution in [0.5, 0.6) is 0 Å². The van der Waals surface area contributed by atoms with Crippen LogP contribution in [0.15, 0.2) is 0 Å². The lowest BCUT2D eigenvalue weighted by atomic mass is 9.73. The molecule has 8 atom stereocenters. The standard InChI is InChI=1S/C15H26O2/c1-4-8-10-6-12(14(8)16)13-11(10)5-9(7(2)3)15(13)17/h7-17H,4-6H2,1-3H3. The maximum absolute atomic E-state index is 10.5. The largest absolute Gasteiger partial charge is 0.393 e. The van der Waals surface area contributed by atoms with E-state index in [4.69, 9.17) is 0 Å². The molecule has 17 heavy (non-hydrogen) atoms. The van der Waals surface area contributed by atoms with E-state index in [-0.39, 0.29) is 12.2 Å². The molecular formula is C15H26O2. The van der Waals surface area contributed by atoms with Crippen LogP contribution < -0.4 is 0 Å². The van der Waals surface area contributed by atoms with Gasteiger partial charge in [0.05, 0.1) is 12.2 Å². The van der Waals surface area contributed by atoms with Gasteiger partial charge in [-0.05, 0) is 54.3 Å². The summed E-state index contributed by atoms with van der Waals surface area (Å²) in [5, 5.41) is 20.9. The zero-order valence-electron chi connectivity index (χ0n) is 11.2. The second kappa shape index (κ2) is 3.96. The topological polar surface area (TPSA) is 40.5 Å². The Morgan fingerprint density at radius 1 is 1.00 bits per heavy atom. The molecule has 0 spiro atoms. The highest BCUT2D eigenvalue weighted by molar-refractivity contribution is 5.11. The van der Waals surface area contributed by atoms with Crippen molar-refractivity contribution in [3.05, 3.63) is 0 Å². The zero-order chi connectivity index (χ0) is 12.3. The molecule has 0 amide bonds. The van der Waals surface area contributed by atoms with E-state index in [1.807, 2.05) is 0 Å². The Morgan fingerprint density at radius 3 is 2.29 bits per heavy atom. The molecule has 0 saturated heterocycles. The van der Waals surface area contributed by atoms with Gasteiger partial charge in [-0.25, -0.2) is 0 Å². The molecule has 2 N–H and O–H groups in total. The third kappa shape index (κ3) is 1.46. The van der Waals surface area contributed by atoms with Crippen molar-refractivity contribution in [3.63, 3.8) is 0 Å². The average molecular weight is 238 g/mol. The minimum absolute atomic E-state index is 0.133. The number of fused-ring (bicyclic) bond motifs is 5. The fourth-order valence-corrected chi connectivity index (χ4v) is 5.47. The molecule has 8 unspecified atom stereocenters. The molecule has 3 aliphatic rings. The van der Waals surface area contributed by atoms with Gasteiger partial charge in [-0.15, -0.1) is 0 Å². The van der Waals surface area contributed by atoms with Crippen LogP contribution in [-0.4, -0.2) is 22.4 Å². The van der Waals surface area contributed by atoms with Crippen molar-refractivity contribution in [2.45, 2.75) is 52.2 Å². The number of aliphatic hydroxyl groups is 2.